The number of nitrogens with one attached hydrogen (secondary N) is 1. The zero-order valence-corrected chi connectivity index (χ0v) is 16.4. The van der Waals surface area contributed by atoms with Crippen molar-refractivity contribution < 1.29 is 9.59 Å². The number of aromatic nitrogens is 2. The van der Waals surface area contributed by atoms with Crippen molar-refractivity contribution in [3.63, 3.8) is 0 Å². The highest BCUT2D eigenvalue weighted by Crippen LogP contribution is 2.32. The summed E-state index contributed by atoms with van der Waals surface area (Å²) >= 11 is 0. The molecule has 3 heterocycles. The Bertz CT molecular complexity index is 690. The Morgan fingerprint density at radius 2 is 1.93 bits per heavy atom. The first-order valence-electron chi connectivity index (χ1n) is 10.3. The molecular formula is C20H31N5O2. The molecule has 7 heteroatoms. The van der Waals surface area contributed by atoms with Gasteiger partial charge in [0.15, 0.2) is 0 Å². The summed E-state index contributed by atoms with van der Waals surface area (Å²) in [6.45, 7) is 5.96. The van der Waals surface area contributed by atoms with Crippen LogP contribution in [0.4, 0.5) is 0 Å². The lowest BCUT2D eigenvalue weighted by atomic mass is 9.99. The minimum atomic E-state index is 0.0441. The number of aryl methyl sites for hydroxylation is 1. The lowest BCUT2D eigenvalue weighted by Gasteiger charge is -2.31. The molecule has 0 bridgehead atoms. The number of carbonyl (C=O) groups excluding carboxylic acids is 2. The Kier molecular flexibility index (Phi) is 5.21. The van der Waals surface area contributed by atoms with E-state index in [9.17, 15) is 9.59 Å². The van der Waals surface area contributed by atoms with Crippen molar-refractivity contribution in [2.45, 2.75) is 44.6 Å². The monoisotopic (exact) mass is 373 g/mol. The minimum absolute atomic E-state index is 0.0441. The Morgan fingerprint density at radius 1 is 1.19 bits per heavy atom. The van der Waals surface area contributed by atoms with Gasteiger partial charge in [0.25, 0.3) is 0 Å². The molecule has 0 unspecified atom stereocenters. The lowest BCUT2D eigenvalue weighted by Crippen LogP contribution is -2.44. The molecule has 2 saturated heterocycles. The molecule has 1 aromatic rings. The zero-order chi connectivity index (χ0) is 19.0. The van der Waals surface area contributed by atoms with E-state index in [1.165, 1.54) is 0 Å². The van der Waals surface area contributed by atoms with Crippen LogP contribution in [0.2, 0.25) is 0 Å². The van der Waals surface area contributed by atoms with E-state index in [1.54, 1.807) is 6.20 Å². The average Bonchev–Trinajstić information content (AvgIpc) is 3.31. The number of nitrogens with zero attached hydrogens (tertiary/aromatic N) is 4. The molecule has 3 fully saturated rings. The van der Waals surface area contributed by atoms with Gasteiger partial charge in [-0.15, -0.1) is 0 Å². The van der Waals surface area contributed by atoms with E-state index in [0.717, 1.165) is 63.5 Å². The van der Waals surface area contributed by atoms with Crippen LogP contribution in [-0.2, 0) is 16.6 Å². The Morgan fingerprint density at radius 3 is 2.56 bits per heavy atom. The highest BCUT2D eigenvalue weighted by atomic mass is 16.2. The highest BCUT2D eigenvalue weighted by molar-refractivity contribution is 5.81. The Labute approximate surface area is 161 Å². The molecule has 27 heavy (non-hydrogen) atoms. The molecule has 4 rings (SSSR count). The maximum absolute atomic E-state index is 12.7. The molecule has 0 spiro atoms. The number of likely N-dealkylation sites (tertiary alicyclic amines) is 2. The quantitative estimate of drug-likeness (QED) is 0.835. The second kappa shape index (κ2) is 7.62. The van der Waals surface area contributed by atoms with Crippen LogP contribution in [0.5, 0.6) is 0 Å². The molecule has 0 radical (unpaired) electrons. The fraction of sp³-hybridized carbons (Fsp3) is 0.750. The zero-order valence-electron chi connectivity index (χ0n) is 16.4. The van der Waals surface area contributed by atoms with Crippen molar-refractivity contribution in [2.75, 3.05) is 32.7 Å². The van der Waals surface area contributed by atoms with Crippen LogP contribution in [0.25, 0.3) is 0 Å². The summed E-state index contributed by atoms with van der Waals surface area (Å²) in [6, 6.07) is 2.07. The number of carbonyl (C=O) groups is 2. The summed E-state index contributed by atoms with van der Waals surface area (Å²) in [7, 11) is 1.94. The van der Waals surface area contributed by atoms with Crippen LogP contribution < -0.4 is 5.32 Å². The summed E-state index contributed by atoms with van der Waals surface area (Å²) in [5.74, 6) is 1.49. The van der Waals surface area contributed by atoms with E-state index < -0.39 is 0 Å². The summed E-state index contributed by atoms with van der Waals surface area (Å²) in [5, 5.41) is 7.55. The molecule has 1 aromatic heterocycles. The summed E-state index contributed by atoms with van der Waals surface area (Å²) in [6.07, 6.45) is 6.01. The van der Waals surface area contributed by atoms with Gasteiger partial charge >= 0.3 is 0 Å². The molecule has 2 aliphatic heterocycles. The van der Waals surface area contributed by atoms with Gasteiger partial charge in [-0.1, -0.05) is 6.92 Å². The SMILES string of the molecule is CC1CCN(C(=O)CN2C[C@@H](NC(=O)C3CC3)[C@H](c3ccnn3C)C2)CC1. The number of amides is 2. The first-order chi connectivity index (χ1) is 13.0. The molecule has 1 aliphatic carbocycles. The van der Waals surface area contributed by atoms with Crippen molar-refractivity contribution in [2.24, 2.45) is 18.9 Å². The third-order valence-electron chi connectivity index (χ3n) is 6.41. The van der Waals surface area contributed by atoms with Crippen molar-refractivity contribution in [1.82, 2.24) is 24.9 Å². The maximum atomic E-state index is 12.7. The molecule has 2 amide bonds. The van der Waals surface area contributed by atoms with Crippen molar-refractivity contribution in [3.05, 3.63) is 18.0 Å². The normalized spacial score (nSPS) is 27.1. The van der Waals surface area contributed by atoms with Crippen LogP contribution >= 0.6 is 0 Å². The third kappa shape index (κ3) is 4.18. The van der Waals surface area contributed by atoms with Gasteiger partial charge in [-0.25, -0.2) is 0 Å². The van der Waals surface area contributed by atoms with Gasteiger partial charge in [0, 0.05) is 57.0 Å². The average molecular weight is 374 g/mol. The number of piperidine rings is 1. The van der Waals surface area contributed by atoms with E-state index >= 15 is 0 Å². The smallest absolute Gasteiger partial charge is 0.236 e. The van der Waals surface area contributed by atoms with Crippen LogP contribution in [0.1, 0.15) is 44.2 Å². The summed E-state index contributed by atoms with van der Waals surface area (Å²) < 4.78 is 1.89. The largest absolute Gasteiger partial charge is 0.351 e. The Hall–Kier alpha value is -1.89. The molecule has 2 atom stereocenters. The molecule has 148 valence electrons. The van der Waals surface area contributed by atoms with Gasteiger partial charge in [0.1, 0.15) is 0 Å². The predicted octanol–water partition coefficient (Wildman–Crippen LogP) is 0.973. The van der Waals surface area contributed by atoms with Gasteiger partial charge in [0.2, 0.25) is 11.8 Å². The molecular weight excluding hydrogens is 342 g/mol. The minimum Gasteiger partial charge on any atom is -0.351 e. The van der Waals surface area contributed by atoms with Gasteiger partial charge < -0.3 is 10.2 Å². The van der Waals surface area contributed by atoms with Crippen molar-refractivity contribution in [1.29, 1.82) is 0 Å². The van der Waals surface area contributed by atoms with E-state index in [4.69, 9.17) is 0 Å². The van der Waals surface area contributed by atoms with Crippen molar-refractivity contribution in [3.8, 4) is 0 Å². The fourth-order valence-corrected chi connectivity index (χ4v) is 4.40. The first kappa shape index (κ1) is 18.5. The van der Waals surface area contributed by atoms with Crippen LogP contribution in [0, 0.1) is 11.8 Å². The van der Waals surface area contributed by atoms with E-state index in [0.29, 0.717) is 6.54 Å². The first-order valence-corrected chi connectivity index (χ1v) is 10.3. The number of hydrogen-bond donors (Lipinski definition) is 1. The Balaban J connectivity index is 1.41. The van der Waals surface area contributed by atoms with Gasteiger partial charge in [-0.05, 0) is 37.7 Å². The van der Waals surface area contributed by atoms with Gasteiger partial charge in [0.05, 0.1) is 12.6 Å². The van der Waals surface area contributed by atoms with E-state index in [2.05, 4.69) is 22.2 Å². The van der Waals surface area contributed by atoms with Crippen LogP contribution in [0.3, 0.4) is 0 Å². The lowest BCUT2D eigenvalue weighted by molar-refractivity contribution is -0.133. The van der Waals surface area contributed by atoms with Gasteiger partial charge in [-0.2, -0.15) is 5.10 Å². The summed E-state index contributed by atoms with van der Waals surface area (Å²) in [4.78, 5) is 29.3. The number of hydrogen-bond acceptors (Lipinski definition) is 4. The van der Waals surface area contributed by atoms with Crippen LogP contribution in [0.15, 0.2) is 12.3 Å². The fourth-order valence-electron chi connectivity index (χ4n) is 4.40. The third-order valence-corrected chi connectivity index (χ3v) is 6.41. The molecule has 0 aromatic carbocycles. The molecule has 7 nitrogen and oxygen atoms in total. The second-order valence-electron chi connectivity index (χ2n) is 8.63. The van der Waals surface area contributed by atoms with Crippen molar-refractivity contribution >= 4 is 11.8 Å². The molecule has 1 N–H and O–H groups in total. The maximum Gasteiger partial charge on any atom is 0.236 e. The standard InChI is InChI=1S/C20H31N5O2/c1-14-6-9-25(10-7-14)19(26)13-24-11-16(18-5-8-21-23(18)2)17(12-24)22-20(27)15-3-4-15/h5,8,14-17H,3-4,6-7,9-13H2,1-2H3,(H,22,27)/t16-,17-/m1/s1. The number of rotatable bonds is 5. The highest BCUT2D eigenvalue weighted by Gasteiger charge is 2.40. The van der Waals surface area contributed by atoms with Crippen LogP contribution in [-0.4, -0.2) is 70.2 Å². The van der Waals surface area contributed by atoms with Gasteiger partial charge in [-0.3, -0.25) is 19.2 Å². The predicted molar refractivity (Wildman–Crippen MR) is 102 cm³/mol. The van der Waals surface area contributed by atoms with E-state index in [-0.39, 0.29) is 29.7 Å². The molecule has 1 saturated carbocycles. The van der Waals surface area contributed by atoms with E-state index in [1.807, 2.05) is 22.7 Å². The summed E-state index contributed by atoms with van der Waals surface area (Å²) in [5.41, 5.74) is 1.12. The topological polar surface area (TPSA) is 70.5 Å². The molecule has 3 aliphatic rings. The second-order valence-corrected chi connectivity index (χ2v) is 8.63.